The molecule has 0 N–H and O–H groups in total. The van der Waals surface area contributed by atoms with Crippen LogP contribution in [0, 0.1) is 0 Å². The van der Waals surface area contributed by atoms with Crippen molar-refractivity contribution in [1.29, 1.82) is 0 Å². The van der Waals surface area contributed by atoms with Gasteiger partial charge in [0.15, 0.2) is 0 Å². The van der Waals surface area contributed by atoms with Crippen LogP contribution in [0.25, 0.3) is 34.4 Å². The number of hydrogen-bond acceptors (Lipinski definition) is 0. The van der Waals surface area contributed by atoms with Crippen molar-refractivity contribution in [2.24, 2.45) is 0 Å². The molecular weight excluding hydrogens is 728 g/mol. The summed E-state index contributed by atoms with van der Waals surface area (Å²) in [6.45, 7) is 0. The van der Waals surface area contributed by atoms with Crippen molar-refractivity contribution in [3.8, 4) is 22.3 Å². The van der Waals surface area contributed by atoms with Gasteiger partial charge < -0.3 is 0 Å². The average Bonchev–Trinajstić information content (AvgIpc) is 3.36. The first kappa shape index (κ1) is 24.8. The number of halogens is 4. The van der Waals surface area contributed by atoms with Crippen LogP contribution in [0.1, 0.15) is 34.1 Å². The van der Waals surface area contributed by atoms with Crippen molar-refractivity contribution in [1.82, 2.24) is 0 Å². The van der Waals surface area contributed by atoms with Crippen molar-refractivity contribution < 1.29 is 0 Å². The predicted octanol–water partition coefficient (Wildman–Crippen LogP) is 9.92. The Morgan fingerprint density at radius 2 is 0.684 bits per heavy atom. The number of rotatable bonds is 2. The van der Waals surface area contributed by atoms with Crippen molar-refractivity contribution in [2.45, 2.75) is 11.8 Å². The van der Waals surface area contributed by atoms with Crippen molar-refractivity contribution in [3.63, 3.8) is 0 Å². The smallest absolute Gasteiger partial charge is 0.0291 e. The second-order valence-electron chi connectivity index (χ2n) is 9.84. The van der Waals surface area contributed by atoms with Gasteiger partial charge in [0.25, 0.3) is 0 Å². The Labute approximate surface area is 255 Å². The molecule has 0 aromatic heterocycles. The van der Waals surface area contributed by atoms with Crippen LogP contribution in [0.5, 0.6) is 0 Å². The van der Waals surface area contributed by atoms with Gasteiger partial charge in [0.2, 0.25) is 0 Å². The van der Waals surface area contributed by atoms with E-state index in [1.807, 2.05) is 0 Å². The molecule has 0 radical (unpaired) electrons. The van der Waals surface area contributed by atoms with Crippen LogP contribution in [-0.4, -0.2) is 0 Å². The Hall–Kier alpha value is -2.24. The molecule has 38 heavy (non-hydrogen) atoms. The number of fused-ring (bicyclic) bond motifs is 6. The first-order chi connectivity index (χ1) is 18.5. The summed E-state index contributed by atoms with van der Waals surface area (Å²) in [7, 11) is 0. The van der Waals surface area contributed by atoms with E-state index in [0.29, 0.717) is 0 Å². The highest BCUT2D eigenvalue weighted by atomic mass is 79.9. The maximum Gasteiger partial charge on any atom is 0.0291 e. The zero-order valence-corrected chi connectivity index (χ0v) is 26.4. The number of benzene rings is 5. The van der Waals surface area contributed by atoms with Gasteiger partial charge in [-0.15, -0.1) is 0 Å². The maximum absolute atomic E-state index is 3.72. The van der Waals surface area contributed by atoms with Gasteiger partial charge in [0.1, 0.15) is 0 Å². The molecular formula is C34H20Br4. The summed E-state index contributed by atoms with van der Waals surface area (Å²) in [5, 5.41) is 2.49. The van der Waals surface area contributed by atoms with Crippen LogP contribution >= 0.6 is 63.7 Å². The molecule has 0 atom stereocenters. The average molecular weight is 748 g/mol. The van der Waals surface area contributed by atoms with Gasteiger partial charge in [-0.1, -0.05) is 124 Å². The third kappa shape index (κ3) is 4.21. The molecule has 0 bridgehead atoms. The molecule has 184 valence electrons. The SMILES string of the molecule is Brc1ccc2c(c1)C(C=c1ccccc1=CC1c3cc(Br)ccc3-c3ccc(Br)cc31)c1cc(Br)ccc1-2. The van der Waals surface area contributed by atoms with Crippen LogP contribution in [0.3, 0.4) is 0 Å². The Kier molecular flexibility index (Phi) is 6.35. The molecule has 5 aromatic rings. The van der Waals surface area contributed by atoms with Gasteiger partial charge in [-0.25, -0.2) is 0 Å². The molecule has 2 aliphatic carbocycles. The van der Waals surface area contributed by atoms with E-state index in [4.69, 9.17) is 0 Å². The van der Waals surface area contributed by atoms with Gasteiger partial charge in [0.05, 0.1) is 0 Å². The van der Waals surface area contributed by atoms with Gasteiger partial charge in [0, 0.05) is 29.7 Å². The molecule has 4 heteroatoms. The molecule has 0 amide bonds. The summed E-state index contributed by atoms with van der Waals surface area (Å²) in [5.74, 6) is 0.354. The zero-order valence-electron chi connectivity index (χ0n) is 20.1. The van der Waals surface area contributed by atoms with Crippen molar-refractivity contribution in [3.05, 3.63) is 148 Å². The molecule has 0 saturated carbocycles. The second-order valence-corrected chi connectivity index (χ2v) is 13.5. The Bertz CT molecular complexity index is 1650. The lowest BCUT2D eigenvalue weighted by Crippen LogP contribution is -2.25. The minimum Gasteiger partial charge on any atom is -0.0647 e. The van der Waals surface area contributed by atoms with Crippen molar-refractivity contribution in [2.75, 3.05) is 0 Å². The van der Waals surface area contributed by atoms with Gasteiger partial charge in [-0.3, -0.25) is 0 Å². The largest absolute Gasteiger partial charge is 0.0647 e. The molecule has 0 saturated heterocycles. The van der Waals surface area contributed by atoms with E-state index < -0.39 is 0 Å². The quantitative estimate of drug-likeness (QED) is 0.169. The highest BCUT2D eigenvalue weighted by Crippen LogP contribution is 2.48. The van der Waals surface area contributed by atoms with E-state index >= 15 is 0 Å². The number of hydrogen-bond donors (Lipinski definition) is 0. The fraction of sp³-hybridized carbons (Fsp3) is 0.0588. The lowest BCUT2D eigenvalue weighted by Gasteiger charge is -2.11. The molecule has 5 aromatic carbocycles. The fourth-order valence-corrected chi connectivity index (χ4v) is 7.53. The van der Waals surface area contributed by atoms with Crippen LogP contribution < -0.4 is 10.4 Å². The summed E-state index contributed by atoms with van der Waals surface area (Å²) in [4.78, 5) is 0. The molecule has 0 unspecified atom stereocenters. The molecule has 7 rings (SSSR count). The van der Waals surface area contributed by atoms with E-state index in [2.05, 4.69) is 173 Å². The van der Waals surface area contributed by atoms with Crippen LogP contribution in [0.15, 0.2) is 115 Å². The summed E-state index contributed by atoms with van der Waals surface area (Å²) in [5.41, 5.74) is 10.6. The Balaban J connectivity index is 1.45. The van der Waals surface area contributed by atoms with Crippen LogP contribution in [0.4, 0.5) is 0 Å². The minimum atomic E-state index is 0.177. The van der Waals surface area contributed by atoms with Crippen LogP contribution in [0.2, 0.25) is 0 Å². The third-order valence-corrected chi connectivity index (χ3v) is 9.64. The van der Waals surface area contributed by atoms with Gasteiger partial charge in [-0.2, -0.15) is 0 Å². The third-order valence-electron chi connectivity index (χ3n) is 7.66. The Morgan fingerprint density at radius 3 is 0.974 bits per heavy atom. The standard InChI is InChI=1S/C34H20Br4/c35-21-5-9-25-26-10-6-22(36)16-32(26)29(31(25)15-21)13-19-3-1-2-4-20(19)14-30-33-17-23(37)7-11-27(33)28-12-8-24(38)18-34(28)30/h1-18,29-30H. The normalized spacial score (nSPS) is 14.9. The minimum absolute atomic E-state index is 0.177. The summed E-state index contributed by atoms with van der Waals surface area (Å²) in [6.07, 6.45) is 4.88. The molecule has 0 spiro atoms. The molecule has 0 aliphatic heterocycles. The van der Waals surface area contributed by atoms with E-state index in [-0.39, 0.29) is 11.8 Å². The monoisotopic (exact) mass is 744 g/mol. The second kappa shape index (κ2) is 9.75. The summed E-state index contributed by atoms with van der Waals surface area (Å²) < 4.78 is 4.43. The first-order valence-corrected chi connectivity index (χ1v) is 15.6. The van der Waals surface area contributed by atoms with Crippen molar-refractivity contribution >= 4 is 75.9 Å². The van der Waals surface area contributed by atoms with E-state index in [1.165, 1.54) is 54.9 Å². The molecule has 0 fully saturated rings. The van der Waals surface area contributed by atoms with E-state index in [0.717, 1.165) is 17.9 Å². The van der Waals surface area contributed by atoms with E-state index in [1.54, 1.807) is 0 Å². The molecule has 0 nitrogen and oxygen atoms in total. The van der Waals surface area contributed by atoms with Crippen LogP contribution in [-0.2, 0) is 0 Å². The Morgan fingerprint density at radius 1 is 0.395 bits per heavy atom. The van der Waals surface area contributed by atoms with E-state index in [9.17, 15) is 0 Å². The first-order valence-electron chi connectivity index (χ1n) is 12.4. The lowest BCUT2D eigenvalue weighted by atomic mass is 9.93. The maximum atomic E-state index is 3.72. The zero-order chi connectivity index (χ0) is 26.0. The topological polar surface area (TPSA) is 0 Å². The predicted molar refractivity (Wildman–Crippen MR) is 173 cm³/mol. The molecule has 0 heterocycles. The fourth-order valence-electron chi connectivity index (χ4n) is 6.01. The highest BCUT2D eigenvalue weighted by molar-refractivity contribution is 9.11. The van der Waals surface area contributed by atoms with Gasteiger partial charge >= 0.3 is 0 Å². The summed E-state index contributed by atoms with van der Waals surface area (Å²) in [6, 6.07) is 35.4. The lowest BCUT2D eigenvalue weighted by molar-refractivity contribution is 1.11. The van der Waals surface area contributed by atoms with Gasteiger partial charge in [-0.05, 0) is 103 Å². The summed E-state index contributed by atoms with van der Waals surface area (Å²) >= 11 is 14.9. The molecule has 2 aliphatic rings. The highest BCUT2D eigenvalue weighted by Gasteiger charge is 2.29.